The van der Waals surface area contributed by atoms with Crippen LogP contribution in [0.1, 0.15) is 24.0 Å². The highest BCUT2D eigenvalue weighted by molar-refractivity contribution is 7.70. The first-order valence-corrected chi connectivity index (χ1v) is 16.4. The zero-order valence-corrected chi connectivity index (χ0v) is 23.3. The Kier molecular flexibility index (Phi) is 5.64. The zero-order chi connectivity index (χ0) is 25.5. The molecule has 3 aliphatic carbocycles. The quantitative estimate of drug-likeness (QED) is 0.274. The number of aromatic nitrogens is 2. The van der Waals surface area contributed by atoms with Gasteiger partial charge in [0.05, 0.1) is 11.9 Å². The van der Waals surface area contributed by atoms with E-state index in [1.807, 2.05) is 0 Å². The number of nitrogens with zero attached hydrogens (tertiary/aromatic N) is 3. The molecule has 3 heterocycles. The number of benzene rings is 2. The van der Waals surface area contributed by atoms with E-state index in [1.165, 1.54) is 30.5 Å². The van der Waals surface area contributed by atoms with Gasteiger partial charge in [-0.05, 0) is 98.2 Å². The van der Waals surface area contributed by atoms with Crippen LogP contribution in [0.5, 0.6) is 0 Å². The molecule has 37 heavy (non-hydrogen) atoms. The number of hydrogen-bond acceptors (Lipinski definition) is 6. The molecule has 2 aliphatic heterocycles. The molecule has 2 saturated carbocycles. The maximum Gasteiger partial charge on any atom is 0.229 e. The molecule has 192 valence electrons. The van der Waals surface area contributed by atoms with Crippen molar-refractivity contribution in [2.24, 2.45) is 17.8 Å². The molecule has 4 fully saturated rings. The number of anilines is 4. The third-order valence-electron chi connectivity index (χ3n) is 8.71. The molecule has 3 aromatic rings. The summed E-state index contributed by atoms with van der Waals surface area (Å²) < 4.78 is 12.8. The number of aryl methyl sites for hydroxylation is 2. The molecule has 0 radical (unpaired) electrons. The van der Waals surface area contributed by atoms with Gasteiger partial charge < -0.3 is 15.2 Å². The summed E-state index contributed by atoms with van der Waals surface area (Å²) in [5.74, 6) is 4.08. The molecule has 2 bridgehead atoms. The fourth-order valence-corrected chi connectivity index (χ4v) is 8.25. The van der Waals surface area contributed by atoms with Crippen LogP contribution >= 0.6 is 30.3 Å². The van der Waals surface area contributed by atoms with Crippen molar-refractivity contribution in [2.75, 3.05) is 30.5 Å². The van der Waals surface area contributed by atoms with Crippen molar-refractivity contribution in [3.8, 4) is 0 Å². The maximum absolute atomic E-state index is 12.8. The van der Waals surface area contributed by atoms with Crippen molar-refractivity contribution in [2.45, 2.75) is 37.8 Å². The van der Waals surface area contributed by atoms with Crippen LogP contribution in [0, 0.1) is 17.8 Å². The summed E-state index contributed by atoms with van der Waals surface area (Å²) in [6, 6.07) is 13.6. The van der Waals surface area contributed by atoms with Gasteiger partial charge in [0.1, 0.15) is 12.2 Å². The molecule has 3 atom stereocenters. The van der Waals surface area contributed by atoms with Gasteiger partial charge in [-0.15, -0.1) is 0 Å². The maximum atomic E-state index is 12.8. The van der Waals surface area contributed by atoms with E-state index in [0.29, 0.717) is 32.8 Å². The van der Waals surface area contributed by atoms with Gasteiger partial charge in [-0.3, -0.25) is 4.90 Å². The molecule has 5 aliphatic rings. The molecule has 2 N–H and O–H groups in total. The first kappa shape index (κ1) is 24.0. The van der Waals surface area contributed by atoms with Gasteiger partial charge in [0.25, 0.3) is 0 Å². The minimum Gasteiger partial charge on any atom is -0.338 e. The molecular weight excluding hydrogens is 524 g/mol. The molecule has 3 unspecified atom stereocenters. The molecule has 2 saturated heterocycles. The highest BCUT2D eigenvalue weighted by atomic mass is 35.5. The molecule has 0 spiro atoms. The van der Waals surface area contributed by atoms with E-state index >= 15 is 0 Å². The van der Waals surface area contributed by atoms with E-state index < -0.39 is 7.14 Å². The second-order valence-corrected chi connectivity index (χ2v) is 15.4. The van der Waals surface area contributed by atoms with Gasteiger partial charge in [0.15, 0.2) is 5.82 Å². The number of halogens is 2. The number of hydrogen-bond donors (Lipinski definition) is 2. The minimum absolute atomic E-state index is 0.378. The zero-order valence-electron chi connectivity index (χ0n) is 20.9. The Hall–Kier alpha value is -2.11. The Morgan fingerprint density at radius 2 is 1.78 bits per heavy atom. The van der Waals surface area contributed by atoms with Crippen LogP contribution in [0.25, 0.3) is 0 Å². The highest BCUT2D eigenvalue weighted by Gasteiger charge is 2.80. The molecule has 9 heteroatoms. The Bertz CT molecular complexity index is 1440. The van der Waals surface area contributed by atoms with Gasteiger partial charge in [0.2, 0.25) is 5.95 Å². The SMILES string of the molecule is CP(C)(=O)c1cc(Cl)ccc1Nc1nc(Nc2ccc3c(c2)CCC(N2C[C@H]4C5C4[C@H]52)CC3)ncc1Cl. The van der Waals surface area contributed by atoms with Gasteiger partial charge in [-0.1, -0.05) is 29.3 Å². The Morgan fingerprint density at radius 1 is 1.00 bits per heavy atom. The lowest BCUT2D eigenvalue weighted by atomic mass is 10.0. The van der Waals surface area contributed by atoms with Crippen LogP contribution < -0.4 is 15.9 Å². The third kappa shape index (κ3) is 4.36. The topological polar surface area (TPSA) is 70.2 Å². The lowest BCUT2D eigenvalue weighted by molar-refractivity contribution is 0.209. The normalized spacial score (nSPS) is 27.7. The molecule has 6 nitrogen and oxygen atoms in total. The summed E-state index contributed by atoms with van der Waals surface area (Å²) in [5, 5.41) is 8.17. The first-order chi connectivity index (χ1) is 17.8. The predicted octanol–water partition coefficient (Wildman–Crippen LogP) is 6.33. The lowest BCUT2D eigenvalue weighted by Gasteiger charge is -2.26. The highest BCUT2D eigenvalue weighted by Crippen LogP contribution is 2.76. The van der Waals surface area contributed by atoms with Crippen molar-refractivity contribution in [3.63, 3.8) is 0 Å². The van der Waals surface area contributed by atoms with Crippen LogP contribution in [0.3, 0.4) is 0 Å². The number of fused-ring (bicyclic) bond motifs is 2. The summed E-state index contributed by atoms with van der Waals surface area (Å²) in [6.45, 7) is 4.78. The van der Waals surface area contributed by atoms with E-state index in [9.17, 15) is 4.57 Å². The van der Waals surface area contributed by atoms with Crippen LogP contribution in [0.4, 0.5) is 23.1 Å². The summed E-state index contributed by atoms with van der Waals surface area (Å²) >= 11 is 12.6. The number of nitrogens with one attached hydrogen (secondary N) is 2. The van der Waals surface area contributed by atoms with Gasteiger partial charge in [-0.2, -0.15) is 4.98 Å². The predicted molar refractivity (Wildman–Crippen MR) is 152 cm³/mol. The average Bonchev–Trinajstić information content (AvgIpc) is 3.70. The molecule has 2 aromatic carbocycles. The van der Waals surface area contributed by atoms with E-state index in [-0.39, 0.29) is 0 Å². The first-order valence-electron chi connectivity index (χ1n) is 13.1. The van der Waals surface area contributed by atoms with Gasteiger partial charge in [0, 0.05) is 34.6 Å². The van der Waals surface area contributed by atoms with E-state index in [1.54, 1.807) is 37.7 Å². The second-order valence-electron chi connectivity index (χ2n) is 11.4. The van der Waals surface area contributed by atoms with Gasteiger partial charge in [-0.25, -0.2) is 4.98 Å². The van der Waals surface area contributed by atoms with Crippen LogP contribution in [0.15, 0.2) is 42.6 Å². The lowest BCUT2D eigenvalue weighted by Crippen LogP contribution is -2.34. The summed E-state index contributed by atoms with van der Waals surface area (Å²) in [4.78, 5) is 11.9. The summed E-state index contributed by atoms with van der Waals surface area (Å²) in [5.41, 5.74) is 4.52. The van der Waals surface area contributed by atoms with Crippen LogP contribution in [0.2, 0.25) is 10.0 Å². The summed E-state index contributed by atoms with van der Waals surface area (Å²) in [7, 11) is -2.58. The average molecular weight is 554 g/mol. The van der Waals surface area contributed by atoms with Crippen LogP contribution in [-0.2, 0) is 17.4 Å². The Morgan fingerprint density at radius 3 is 2.51 bits per heavy atom. The minimum atomic E-state index is -2.58. The van der Waals surface area contributed by atoms with E-state index in [4.69, 9.17) is 23.2 Å². The molecular formula is C28H30Cl2N5OP. The molecule has 8 rings (SSSR count). The monoisotopic (exact) mass is 553 g/mol. The fourth-order valence-electron chi connectivity index (χ4n) is 6.70. The van der Waals surface area contributed by atoms with Crippen molar-refractivity contribution < 1.29 is 4.57 Å². The molecule has 0 amide bonds. The van der Waals surface area contributed by atoms with Crippen molar-refractivity contribution in [1.29, 1.82) is 0 Å². The van der Waals surface area contributed by atoms with Crippen molar-refractivity contribution in [1.82, 2.24) is 14.9 Å². The Balaban J connectivity index is 1.08. The summed E-state index contributed by atoms with van der Waals surface area (Å²) in [6.07, 6.45) is 6.35. The second kappa shape index (κ2) is 8.71. The van der Waals surface area contributed by atoms with E-state index in [0.717, 1.165) is 48.4 Å². The third-order valence-corrected chi connectivity index (χ3v) is 10.7. The Labute approximate surface area is 227 Å². The standard InChI is InChI=1S/C28H30Cl2N5OP/c1-37(2,36)23-12-17(29)6-10-22(23)33-27-21(30)13-31-28(34-27)32-18-7-3-15-4-8-19(9-5-16(15)11-18)35-14-20-24-25(20)26(24)35/h3,6-7,10-13,19-20,24-26H,4-5,8-9,14H2,1-2H3,(H2,31,32,33,34)/t19?,20-,24?,25?,26-. The number of rotatable bonds is 6. The number of piperidine rings is 1. The van der Waals surface area contributed by atoms with Crippen LogP contribution in [-0.4, -0.2) is 46.8 Å². The van der Waals surface area contributed by atoms with Gasteiger partial charge >= 0.3 is 0 Å². The smallest absolute Gasteiger partial charge is 0.229 e. The van der Waals surface area contributed by atoms with Crippen molar-refractivity contribution >= 4 is 58.8 Å². The molecule has 1 aromatic heterocycles. The van der Waals surface area contributed by atoms with Crippen molar-refractivity contribution in [3.05, 3.63) is 63.8 Å². The fraction of sp³-hybridized carbons (Fsp3) is 0.429. The largest absolute Gasteiger partial charge is 0.338 e. The van der Waals surface area contributed by atoms with E-state index in [2.05, 4.69) is 43.7 Å².